The molecule has 0 radical (unpaired) electrons. The Balaban J connectivity index is 1.31. The summed E-state index contributed by atoms with van der Waals surface area (Å²) < 4.78 is 21.7. The molecular formula is C23H28FN7O. The van der Waals surface area contributed by atoms with Crippen molar-refractivity contribution < 1.29 is 9.13 Å². The highest BCUT2D eigenvalue weighted by Gasteiger charge is 2.49. The Morgan fingerprint density at radius 2 is 2.16 bits per heavy atom. The van der Waals surface area contributed by atoms with Crippen molar-refractivity contribution in [3.8, 4) is 17.1 Å². The van der Waals surface area contributed by atoms with E-state index in [1.807, 2.05) is 16.6 Å². The lowest BCUT2D eigenvalue weighted by molar-refractivity contribution is 0.00648. The molecule has 2 N–H and O–H groups in total. The molecule has 168 valence electrons. The van der Waals surface area contributed by atoms with Gasteiger partial charge in [-0.3, -0.25) is 0 Å². The highest BCUT2D eigenvalue weighted by Crippen LogP contribution is 2.62. The number of imidazole rings is 1. The van der Waals surface area contributed by atoms with Crippen molar-refractivity contribution in [2.45, 2.75) is 56.7 Å². The maximum Gasteiger partial charge on any atom is 0.223 e. The Bertz CT molecular complexity index is 1140. The summed E-state index contributed by atoms with van der Waals surface area (Å²) in [4.78, 5) is 13.5. The van der Waals surface area contributed by atoms with E-state index in [0.29, 0.717) is 48.1 Å². The molecule has 8 nitrogen and oxygen atoms in total. The predicted octanol–water partition coefficient (Wildman–Crippen LogP) is 3.35. The highest BCUT2D eigenvalue weighted by molar-refractivity contribution is 5.61. The number of nitrogens with zero attached hydrogens (tertiary/aromatic N) is 5. The Morgan fingerprint density at radius 3 is 2.91 bits per heavy atom. The number of alkyl halides is 1. The first-order valence-electron chi connectivity index (χ1n) is 11.5. The van der Waals surface area contributed by atoms with Crippen LogP contribution in [0.5, 0.6) is 5.75 Å². The second-order valence-electron chi connectivity index (χ2n) is 9.50. The summed E-state index contributed by atoms with van der Waals surface area (Å²) in [5, 5.41) is 11.3. The van der Waals surface area contributed by atoms with Gasteiger partial charge in [0.05, 0.1) is 25.0 Å². The molecule has 1 aliphatic heterocycles. The fourth-order valence-electron chi connectivity index (χ4n) is 5.50. The summed E-state index contributed by atoms with van der Waals surface area (Å²) in [6.07, 6.45) is 9.44. The minimum absolute atomic E-state index is 0.340. The van der Waals surface area contributed by atoms with Crippen LogP contribution in [0.4, 0.5) is 10.3 Å². The molecule has 3 aliphatic rings. The van der Waals surface area contributed by atoms with E-state index >= 15 is 0 Å². The molecule has 32 heavy (non-hydrogen) atoms. The van der Waals surface area contributed by atoms with Crippen molar-refractivity contribution >= 4 is 11.6 Å². The Kier molecular flexibility index (Phi) is 4.74. The molecule has 9 heteroatoms. The van der Waals surface area contributed by atoms with Crippen LogP contribution in [0.2, 0.25) is 0 Å². The number of hydrogen-bond donors (Lipinski definition) is 2. The van der Waals surface area contributed by atoms with E-state index in [4.69, 9.17) is 9.84 Å². The van der Waals surface area contributed by atoms with Crippen LogP contribution in [0.15, 0.2) is 24.5 Å². The summed E-state index contributed by atoms with van der Waals surface area (Å²) in [6.45, 7) is 1.25. The quantitative estimate of drug-likeness (QED) is 0.633. The lowest BCUT2D eigenvalue weighted by atomic mass is 9.51. The fourth-order valence-corrected chi connectivity index (χ4v) is 5.50. The lowest BCUT2D eigenvalue weighted by Crippen LogP contribution is -2.46. The van der Waals surface area contributed by atoms with Gasteiger partial charge in [-0.1, -0.05) is 6.42 Å². The molecule has 4 heterocycles. The van der Waals surface area contributed by atoms with Crippen molar-refractivity contribution in [1.82, 2.24) is 29.9 Å². The maximum absolute atomic E-state index is 14.2. The maximum atomic E-state index is 14.2. The van der Waals surface area contributed by atoms with E-state index < -0.39 is 6.17 Å². The van der Waals surface area contributed by atoms with Crippen molar-refractivity contribution in [3.05, 3.63) is 30.2 Å². The van der Waals surface area contributed by atoms with Gasteiger partial charge in [-0.05, 0) is 50.1 Å². The van der Waals surface area contributed by atoms with Gasteiger partial charge in [0.1, 0.15) is 23.3 Å². The van der Waals surface area contributed by atoms with Crippen molar-refractivity contribution in [2.24, 2.45) is 5.41 Å². The molecular weight excluding hydrogens is 409 g/mol. The Labute approximate surface area is 186 Å². The van der Waals surface area contributed by atoms with Crippen LogP contribution >= 0.6 is 0 Å². The first-order valence-corrected chi connectivity index (χ1v) is 11.5. The zero-order valence-electron chi connectivity index (χ0n) is 18.2. The number of rotatable bonds is 5. The van der Waals surface area contributed by atoms with E-state index in [1.165, 1.54) is 32.1 Å². The van der Waals surface area contributed by atoms with Crippen LogP contribution in [0.3, 0.4) is 0 Å². The van der Waals surface area contributed by atoms with Crippen LogP contribution < -0.4 is 15.4 Å². The van der Waals surface area contributed by atoms with Gasteiger partial charge < -0.3 is 15.4 Å². The van der Waals surface area contributed by atoms with Gasteiger partial charge in [0, 0.05) is 24.7 Å². The van der Waals surface area contributed by atoms with E-state index in [1.54, 1.807) is 19.5 Å². The summed E-state index contributed by atoms with van der Waals surface area (Å²) in [7, 11) is 1.69. The van der Waals surface area contributed by atoms with Crippen molar-refractivity contribution in [1.29, 1.82) is 0 Å². The SMILES string of the molecule is COc1cc2ncc(-c3ccnc(NC4CNCCC4F)n3)n2nc1C1CC2(CCC2)C1. The molecule has 1 saturated heterocycles. The van der Waals surface area contributed by atoms with Gasteiger partial charge in [0.2, 0.25) is 5.95 Å². The van der Waals surface area contributed by atoms with Crippen LogP contribution in [0.1, 0.15) is 50.1 Å². The molecule has 2 saturated carbocycles. The van der Waals surface area contributed by atoms with E-state index in [9.17, 15) is 4.39 Å². The standard InChI is InChI=1S/C23H28FN7O/c1-32-19-9-20-27-13-18(31(20)30-21(19)14-10-23(11-14)5-2-6-23)16-4-8-26-22(28-16)29-17-12-25-7-3-15(17)24/h4,8-9,13-15,17,25H,2-3,5-7,10-12H2,1H3,(H,26,28,29). The number of halogens is 1. The number of piperidine rings is 1. The first-order chi connectivity index (χ1) is 15.6. The summed E-state index contributed by atoms with van der Waals surface area (Å²) in [5.74, 6) is 1.64. The van der Waals surface area contributed by atoms with Crippen molar-refractivity contribution in [2.75, 3.05) is 25.5 Å². The molecule has 3 aromatic heterocycles. The van der Waals surface area contributed by atoms with Crippen molar-refractivity contribution in [3.63, 3.8) is 0 Å². The van der Waals surface area contributed by atoms with Crippen LogP contribution in [-0.4, -0.2) is 57.0 Å². The molecule has 3 fully saturated rings. The number of fused-ring (bicyclic) bond motifs is 1. The van der Waals surface area contributed by atoms with Gasteiger partial charge in [0.25, 0.3) is 0 Å². The Morgan fingerprint density at radius 1 is 1.28 bits per heavy atom. The average molecular weight is 438 g/mol. The monoisotopic (exact) mass is 437 g/mol. The molecule has 0 bridgehead atoms. The zero-order valence-corrected chi connectivity index (χ0v) is 18.2. The largest absolute Gasteiger partial charge is 0.495 e. The zero-order chi connectivity index (χ0) is 21.7. The van der Waals surface area contributed by atoms with Gasteiger partial charge in [0.15, 0.2) is 5.65 Å². The fraction of sp³-hybridized carbons (Fsp3) is 0.565. The second kappa shape index (κ2) is 7.65. The van der Waals surface area contributed by atoms with Crippen LogP contribution in [-0.2, 0) is 0 Å². The topological polar surface area (TPSA) is 89.3 Å². The number of ether oxygens (including phenoxy) is 1. The molecule has 2 unspecified atom stereocenters. The Hall–Kier alpha value is -2.81. The third-order valence-corrected chi connectivity index (χ3v) is 7.49. The van der Waals surface area contributed by atoms with Gasteiger partial charge in [-0.25, -0.2) is 23.9 Å². The van der Waals surface area contributed by atoms with Gasteiger partial charge in [-0.15, -0.1) is 0 Å². The predicted molar refractivity (Wildman–Crippen MR) is 119 cm³/mol. The minimum Gasteiger partial charge on any atom is -0.495 e. The molecule has 0 amide bonds. The lowest BCUT2D eigenvalue weighted by Gasteiger charge is -2.54. The minimum atomic E-state index is -0.919. The van der Waals surface area contributed by atoms with E-state index in [-0.39, 0.29) is 6.04 Å². The average Bonchev–Trinajstić information content (AvgIpc) is 3.16. The summed E-state index contributed by atoms with van der Waals surface area (Å²) in [5.41, 5.74) is 3.75. The molecule has 0 aromatic carbocycles. The molecule has 6 rings (SSSR count). The summed E-state index contributed by atoms with van der Waals surface area (Å²) in [6, 6.07) is 3.45. The first kappa shape index (κ1) is 19.8. The normalized spacial score (nSPS) is 24.8. The third kappa shape index (κ3) is 3.30. The number of hydrogen-bond acceptors (Lipinski definition) is 7. The number of nitrogens with one attached hydrogen (secondary N) is 2. The molecule has 2 atom stereocenters. The molecule has 3 aromatic rings. The van der Waals surface area contributed by atoms with E-state index in [0.717, 1.165) is 17.1 Å². The van der Waals surface area contributed by atoms with Crippen LogP contribution in [0.25, 0.3) is 17.0 Å². The highest BCUT2D eigenvalue weighted by atomic mass is 19.1. The van der Waals surface area contributed by atoms with Crippen LogP contribution in [0, 0.1) is 5.41 Å². The number of anilines is 1. The number of aromatic nitrogens is 5. The van der Waals surface area contributed by atoms with Gasteiger partial charge >= 0.3 is 0 Å². The number of methoxy groups -OCH3 is 1. The molecule has 1 spiro atoms. The van der Waals surface area contributed by atoms with Gasteiger partial charge in [-0.2, -0.15) is 5.10 Å². The molecule has 2 aliphatic carbocycles. The van der Waals surface area contributed by atoms with E-state index in [2.05, 4.69) is 25.6 Å². The summed E-state index contributed by atoms with van der Waals surface area (Å²) >= 11 is 0. The smallest absolute Gasteiger partial charge is 0.223 e. The second-order valence-corrected chi connectivity index (χ2v) is 9.50. The third-order valence-electron chi connectivity index (χ3n) is 7.49.